The Morgan fingerprint density at radius 2 is 1.94 bits per heavy atom. The van der Waals surface area contributed by atoms with E-state index in [0.29, 0.717) is 5.92 Å². The molecule has 90 valence electrons. The maximum Gasteiger partial charge on any atom is 0.129 e. The summed E-state index contributed by atoms with van der Waals surface area (Å²) in [5, 5.41) is 0. The minimum absolute atomic E-state index is 0.665. The Bertz CT molecular complexity index is 298. The number of hydrogen-bond acceptors (Lipinski definition) is 0. The summed E-state index contributed by atoms with van der Waals surface area (Å²) in [6.07, 6.45) is 8.40. The summed E-state index contributed by atoms with van der Waals surface area (Å²) in [5.74, 6) is 5.92. The van der Waals surface area contributed by atoms with E-state index in [9.17, 15) is 0 Å². The lowest BCUT2D eigenvalue weighted by Gasteiger charge is -2.17. The van der Waals surface area contributed by atoms with E-state index in [1.807, 2.05) is 0 Å². The highest BCUT2D eigenvalue weighted by molar-refractivity contribution is 6.83. The molecule has 0 aromatic heterocycles. The monoisotopic (exact) mass is 234 g/mol. The van der Waals surface area contributed by atoms with E-state index in [-0.39, 0.29) is 0 Å². The lowest BCUT2D eigenvalue weighted by Crippen LogP contribution is -2.18. The first kappa shape index (κ1) is 13.6. The van der Waals surface area contributed by atoms with Gasteiger partial charge in [-0.05, 0) is 38.0 Å². The Kier molecular flexibility index (Phi) is 4.86. The smallest absolute Gasteiger partial charge is 0.129 e. The maximum absolute atomic E-state index is 3.59. The van der Waals surface area contributed by atoms with Crippen molar-refractivity contribution < 1.29 is 0 Å². The van der Waals surface area contributed by atoms with Gasteiger partial charge in [0.15, 0.2) is 0 Å². The van der Waals surface area contributed by atoms with Crippen LogP contribution >= 0.6 is 0 Å². The minimum atomic E-state index is -1.19. The third-order valence-electron chi connectivity index (χ3n) is 3.46. The van der Waals surface area contributed by atoms with Gasteiger partial charge in [-0.25, -0.2) is 0 Å². The second-order valence-electron chi connectivity index (χ2n) is 6.15. The Hall–Kier alpha value is -0.483. The van der Waals surface area contributed by atoms with E-state index < -0.39 is 8.07 Å². The average Bonchev–Trinajstić information content (AvgIpc) is 2.52. The van der Waals surface area contributed by atoms with E-state index in [1.165, 1.54) is 19.3 Å². The van der Waals surface area contributed by atoms with Gasteiger partial charge in [0.25, 0.3) is 0 Å². The molecule has 1 aliphatic rings. The topological polar surface area (TPSA) is 0 Å². The number of rotatable bonds is 2. The Balaban J connectivity index is 2.67. The Morgan fingerprint density at radius 3 is 2.50 bits per heavy atom. The molecule has 0 bridgehead atoms. The number of hydrogen-bond donors (Lipinski definition) is 0. The van der Waals surface area contributed by atoms with Crippen LogP contribution in [0, 0.1) is 29.2 Å². The maximum atomic E-state index is 3.59. The first-order chi connectivity index (χ1) is 7.44. The van der Waals surface area contributed by atoms with E-state index >= 15 is 0 Å². The van der Waals surface area contributed by atoms with Crippen LogP contribution in [-0.2, 0) is 0 Å². The van der Waals surface area contributed by atoms with Crippen LogP contribution in [-0.4, -0.2) is 8.07 Å². The van der Waals surface area contributed by atoms with Crippen molar-refractivity contribution in [2.24, 2.45) is 17.8 Å². The summed E-state index contributed by atoms with van der Waals surface area (Å²) in [6, 6.07) is 0. The van der Waals surface area contributed by atoms with Gasteiger partial charge >= 0.3 is 0 Å². The van der Waals surface area contributed by atoms with Gasteiger partial charge in [0.1, 0.15) is 8.07 Å². The molecule has 0 spiro atoms. The molecule has 1 rings (SSSR count). The Labute approximate surface area is 103 Å². The van der Waals surface area contributed by atoms with Crippen molar-refractivity contribution in [1.29, 1.82) is 0 Å². The van der Waals surface area contributed by atoms with Crippen LogP contribution in [0.2, 0.25) is 19.6 Å². The van der Waals surface area contributed by atoms with Crippen molar-refractivity contribution in [2.45, 2.75) is 52.8 Å². The van der Waals surface area contributed by atoms with Gasteiger partial charge in [0.2, 0.25) is 0 Å². The minimum Gasteiger partial charge on any atom is -0.132 e. The van der Waals surface area contributed by atoms with Crippen molar-refractivity contribution in [3.63, 3.8) is 0 Å². The molecule has 0 amide bonds. The molecule has 0 aliphatic heterocycles. The molecule has 3 atom stereocenters. The van der Waals surface area contributed by atoms with Gasteiger partial charge in [-0.2, -0.15) is 0 Å². The van der Waals surface area contributed by atoms with Crippen LogP contribution in [0.4, 0.5) is 0 Å². The zero-order valence-corrected chi connectivity index (χ0v) is 12.5. The SMILES string of the molecule is C/C=C\C[C@@H]1[C@@H](C)CC[C@@H]1C#C[Si](C)(C)C. The zero-order valence-electron chi connectivity index (χ0n) is 11.5. The fourth-order valence-electron chi connectivity index (χ4n) is 2.45. The molecule has 0 nitrogen and oxygen atoms in total. The fraction of sp³-hybridized carbons (Fsp3) is 0.733. The summed E-state index contributed by atoms with van der Waals surface area (Å²) in [4.78, 5) is 0. The third kappa shape index (κ3) is 4.18. The highest BCUT2D eigenvalue weighted by Gasteiger charge is 2.31. The number of allylic oxidation sites excluding steroid dienone is 2. The Morgan fingerprint density at radius 1 is 1.25 bits per heavy atom. The summed E-state index contributed by atoms with van der Waals surface area (Å²) in [6.45, 7) is 11.5. The lowest BCUT2D eigenvalue weighted by molar-refractivity contribution is 0.381. The zero-order chi connectivity index (χ0) is 12.2. The molecule has 0 heterocycles. The van der Waals surface area contributed by atoms with E-state index in [0.717, 1.165) is 11.8 Å². The highest BCUT2D eigenvalue weighted by atomic mass is 28.3. The predicted molar refractivity (Wildman–Crippen MR) is 75.9 cm³/mol. The van der Waals surface area contributed by atoms with Crippen molar-refractivity contribution in [3.05, 3.63) is 12.2 Å². The van der Waals surface area contributed by atoms with Crippen molar-refractivity contribution in [2.75, 3.05) is 0 Å². The molecule has 1 fully saturated rings. The van der Waals surface area contributed by atoms with Crippen LogP contribution in [0.5, 0.6) is 0 Å². The van der Waals surface area contributed by atoms with Crippen LogP contribution in [0.15, 0.2) is 12.2 Å². The molecule has 0 unspecified atom stereocenters. The first-order valence-corrected chi connectivity index (χ1v) is 10.1. The molecule has 0 aromatic rings. The molecule has 1 aliphatic carbocycles. The largest absolute Gasteiger partial charge is 0.132 e. The van der Waals surface area contributed by atoms with Crippen LogP contribution in [0.25, 0.3) is 0 Å². The molecule has 1 heteroatoms. The fourth-order valence-corrected chi connectivity index (χ4v) is 3.06. The van der Waals surface area contributed by atoms with Gasteiger partial charge in [-0.3, -0.25) is 0 Å². The van der Waals surface area contributed by atoms with Gasteiger partial charge in [0.05, 0.1) is 0 Å². The standard InChI is InChI=1S/C15H26Si/c1-6-7-8-15-13(2)9-10-14(15)11-12-16(3,4)5/h6-7,13-15H,8-10H2,1-5H3/b7-6-/t13-,14+,15+/m0/s1. The second kappa shape index (κ2) is 5.73. The summed E-state index contributed by atoms with van der Waals surface area (Å²) >= 11 is 0. The summed E-state index contributed by atoms with van der Waals surface area (Å²) < 4.78 is 0. The van der Waals surface area contributed by atoms with Crippen molar-refractivity contribution in [1.82, 2.24) is 0 Å². The van der Waals surface area contributed by atoms with Crippen molar-refractivity contribution in [3.8, 4) is 11.5 Å². The molecular formula is C15H26Si. The van der Waals surface area contributed by atoms with Gasteiger partial charge in [0, 0.05) is 5.92 Å². The first-order valence-electron chi connectivity index (χ1n) is 6.58. The molecule has 0 aromatic carbocycles. The van der Waals surface area contributed by atoms with Gasteiger partial charge in [-0.15, -0.1) is 11.5 Å². The molecular weight excluding hydrogens is 208 g/mol. The quantitative estimate of drug-likeness (QED) is 0.375. The molecule has 1 saturated carbocycles. The predicted octanol–water partition coefficient (Wildman–Crippen LogP) is 4.50. The summed E-state index contributed by atoms with van der Waals surface area (Å²) in [7, 11) is -1.19. The highest BCUT2D eigenvalue weighted by Crippen LogP contribution is 2.38. The average molecular weight is 234 g/mol. The molecule has 0 N–H and O–H groups in total. The van der Waals surface area contributed by atoms with E-state index in [2.05, 4.69) is 57.1 Å². The van der Waals surface area contributed by atoms with Crippen molar-refractivity contribution >= 4 is 8.07 Å². The van der Waals surface area contributed by atoms with Crippen LogP contribution < -0.4 is 0 Å². The second-order valence-corrected chi connectivity index (χ2v) is 10.9. The third-order valence-corrected chi connectivity index (χ3v) is 4.35. The van der Waals surface area contributed by atoms with Crippen LogP contribution in [0.1, 0.15) is 33.1 Å². The summed E-state index contributed by atoms with van der Waals surface area (Å²) in [5.41, 5.74) is 3.56. The normalized spacial score (nSPS) is 30.4. The molecule has 16 heavy (non-hydrogen) atoms. The van der Waals surface area contributed by atoms with Crippen LogP contribution in [0.3, 0.4) is 0 Å². The van der Waals surface area contributed by atoms with Gasteiger partial charge in [-0.1, -0.05) is 38.7 Å². The molecule has 0 saturated heterocycles. The van der Waals surface area contributed by atoms with E-state index in [1.54, 1.807) is 0 Å². The lowest BCUT2D eigenvalue weighted by atomic mass is 9.88. The van der Waals surface area contributed by atoms with E-state index in [4.69, 9.17) is 0 Å². The van der Waals surface area contributed by atoms with Gasteiger partial charge < -0.3 is 0 Å². The molecule has 0 radical (unpaired) electrons.